The Balaban J connectivity index is 1.01. The lowest BCUT2D eigenvalue weighted by Crippen LogP contribution is -2.50. The van der Waals surface area contributed by atoms with Gasteiger partial charge in [-0.3, -0.25) is 24.3 Å². The van der Waals surface area contributed by atoms with Crippen molar-refractivity contribution in [3.63, 3.8) is 0 Å². The molecule has 3 heterocycles. The lowest BCUT2D eigenvalue weighted by molar-refractivity contribution is 0.0636. The zero-order valence-electron chi connectivity index (χ0n) is 31.9. The van der Waals surface area contributed by atoms with E-state index in [1.54, 1.807) is 60.4 Å². The number of carbonyl (C=O) groups is 2. The van der Waals surface area contributed by atoms with Crippen LogP contribution >= 0.6 is 0 Å². The Labute approximate surface area is 334 Å². The van der Waals surface area contributed by atoms with Crippen LogP contribution in [0.5, 0.6) is 11.5 Å². The monoisotopic (exact) mass is 805 g/mol. The number of methoxy groups -OCH3 is 1. The van der Waals surface area contributed by atoms with Gasteiger partial charge in [-0.1, -0.05) is 18.2 Å². The molecule has 1 aliphatic rings. The van der Waals surface area contributed by atoms with Crippen molar-refractivity contribution in [2.24, 2.45) is 5.73 Å². The highest BCUT2D eigenvalue weighted by atomic mass is 32.2. The average Bonchev–Trinajstić information content (AvgIpc) is 3.22. The zero-order valence-corrected chi connectivity index (χ0v) is 32.7. The number of nitrogens with two attached hydrogens (primary N) is 1. The molecular weight excluding hydrogens is 763 g/mol. The van der Waals surface area contributed by atoms with Gasteiger partial charge in [0.15, 0.2) is 0 Å². The molecule has 7 rings (SSSR count). The molecule has 0 bridgehead atoms. The van der Waals surface area contributed by atoms with E-state index in [2.05, 4.69) is 25.5 Å². The Bertz CT molecular complexity index is 2710. The highest BCUT2D eigenvalue weighted by Gasteiger charge is 2.26. The quantitative estimate of drug-likeness (QED) is 0.0917. The summed E-state index contributed by atoms with van der Waals surface area (Å²) in [6, 6.07) is 22.0. The predicted octanol–water partition coefficient (Wildman–Crippen LogP) is 3.86. The number of hydrogen-bond acceptors (Lipinski definition) is 12. The Morgan fingerprint density at radius 2 is 1.74 bits per heavy atom. The van der Waals surface area contributed by atoms with Crippen LogP contribution < -0.4 is 26.7 Å². The molecule has 7 N–H and O–H groups in total. The largest absolute Gasteiger partial charge is 0.506 e. The van der Waals surface area contributed by atoms with E-state index < -0.39 is 21.8 Å². The van der Waals surface area contributed by atoms with Crippen molar-refractivity contribution < 1.29 is 33.0 Å². The molecule has 0 radical (unpaired) electrons. The number of aromatic amines is 1. The van der Waals surface area contributed by atoms with Crippen LogP contribution in [0, 0.1) is 6.92 Å². The van der Waals surface area contributed by atoms with Gasteiger partial charge >= 0.3 is 0 Å². The third kappa shape index (κ3) is 8.22. The molecule has 300 valence electrons. The highest BCUT2D eigenvalue weighted by Crippen LogP contribution is 2.35. The van der Waals surface area contributed by atoms with Gasteiger partial charge in [0, 0.05) is 86.2 Å². The summed E-state index contributed by atoms with van der Waals surface area (Å²) < 4.78 is 33.7. The number of aromatic hydroxyl groups is 1. The molecule has 0 aliphatic carbocycles. The first-order valence-electron chi connectivity index (χ1n) is 18.6. The molecule has 2 aromatic heterocycles. The lowest BCUT2D eigenvalue weighted by atomic mass is 10.0. The summed E-state index contributed by atoms with van der Waals surface area (Å²) in [4.78, 5) is 48.8. The van der Waals surface area contributed by atoms with E-state index in [0.717, 1.165) is 0 Å². The fourth-order valence-electron chi connectivity index (χ4n) is 7.19. The number of benzene rings is 4. The number of sulfone groups is 1. The fraction of sp³-hybridized carbons (Fsp3) is 0.238. The van der Waals surface area contributed by atoms with Crippen molar-refractivity contribution in [3.05, 3.63) is 124 Å². The molecule has 1 fully saturated rings. The first kappa shape index (κ1) is 39.9. The van der Waals surface area contributed by atoms with Crippen molar-refractivity contribution in [3.8, 4) is 11.5 Å². The Kier molecular flexibility index (Phi) is 11.4. The summed E-state index contributed by atoms with van der Waals surface area (Å²) >= 11 is 0. The van der Waals surface area contributed by atoms with Gasteiger partial charge in [0.25, 0.3) is 11.8 Å². The van der Waals surface area contributed by atoms with E-state index in [4.69, 9.17) is 10.5 Å². The number of aliphatic hydroxyl groups excluding tert-OH is 1. The number of phenols is 1. The number of nitrogens with one attached hydrogen (secondary N) is 3. The predicted molar refractivity (Wildman–Crippen MR) is 220 cm³/mol. The summed E-state index contributed by atoms with van der Waals surface area (Å²) in [6.45, 7) is 5.33. The molecule has 1 aliphatic heterocycles. The summed E-state index contributed by atoms with van der Waals surface area (Å²) in [5, 5.41) is 28.4. The van der Waals surface area contributed by atoms with Gasteiger partial charge in [0.05, 0.1) is 45.3 Å². The van der Waals surface area contributed by atoms with Crippen LogP contribution in [-0.2, 0) is 9.84 Å². The second kappa shape index (κ2) is 16.6. The van der Waals surface area contributed by atoms with Gasteiger partial charge in [-0.05, 0) is 72.6 Å². The number of hydrogen-bond donors (Lipinski definition) is 6. The molecule has 1 atom stereocenters. The number of primary amides is 1. The second-order valence-electron chi connectivity index (χ2n) is 14.1. The number of rotatable bonds is 13. The maximum atomic E-state index is 14.2. The molecule has 1 saturated heterocycles. The van der Waals surface area contributed by atoms with Gasteiger partial charge < -0.3 is 41.2 Å². The Hall–Kier alpha value is -6.33. The fourth-order valence-corrected chi connectivity index (χ4v) is 8.61. The number of piperazine rings is 1. The van der Waals surface area contributed by atoms with Crippen LogP contribution in [0.3, 0.4) is 0 Å². The smallest absolute Gasteiger partial charge is 0.253 e. The van der Waals surface area contributed by atoms with Crippen LogP contribution in [-0.4, -0.2) is 103 Å². The van der Waals surface area contributed by atoms with E-state index in [0.29, 0.717) is 83.8 Å². The van der Waals surface area contributed by atoms with E-state index in [9.17, 15) is 33.0 Å². The SMILES string of the molecule is COc1cccc(Nc2c(C(N)=O)cnc3c(C)cc(S(=O)(=O)c4cccc(C(=O)N5CCN(CCNCC(O)c6ccc(O)c7[nH]c(=O)ccc67)CC5)c4)cc23)c1. The maximum absolute atomic E-state index is 14.2. The van der Waals surface area contributed by atoms with E-state index in [1.165, 1.54) is 49.7 Å². The summed E-state index contributed by atoms with van der Waals surface area (Å²) in [6.07, 6.45) is 0.486. The second-order valence-corrected chi connectivity index (χ2v) is 16.0. The number of fused-ring (bicyclic) bond motifs is 2. The molecule has 15 nitrogen and oxygen atoms in total. The van der Waals surface area contributed by atoms with Crippen LogP contribution in [0.25, 0.3) is 21.8 Å². The summed E-state index contributed by atoms with van der Waals surface area (Å²) in [5.74, 6) is -0.525. The maximum Gasteiger partial charge on any atom is 0.253 e. The van der Waals surface area contributed by atoms with E-state index in [1.807, 2.05) is 0 Å². The molecule has 4 aromatic carbocycles. The molecule has 0 saturated carbocycles. The Morgan fingerprint density at radius 3 is 2.50 bits per heavy atom. The van der Waals surface area contributed by atoms with Crippen LogP contribution in [0.15, 0.2) is 106 Å². The number of pyridine rings is 2. The minimum atomic E-state index is -4.15. The normalized spacial score (nSPS) is 14.1. The van der Waals surface area contributed by atoms with Gasteiger partial charge in [-0.15, -0.1) is 0 Å². The van der Waals surface area contributed by atoms with Crippen molar-refractivity contribution >= 4 is 54.8 Å². The average molecular weight is 806 g/mol. The van der Waals surface area contributed by atoms with E-state index >= 15 is 0 Å². The number of H-pyrrole nitrogens is 1. The van der Waals surface area contributed by atoms with Gasteiger partial charge in [0.1, 0.15) is 11.5 Å². The minimum absolute atomic E-state index is 0.0401. The van der Waals surface area contributed by atoms with Crippen molar-refractivity contribution in [1.82, 2.24) is 25.1 Å². The van der Waals surface area contributed by atoms with Crippen molar-refractivity contribution in [2.45, 2.75) is 22.8 Å². The third-order valence-electron chi connectivity index (χ3n) is 10.3. The van der Waals surface area contributed by atoms with Gasteiger partial charge in [-0.25, -0.2) is 8.42 Å². The van der Waals surface area contributed by atoms with Crippen molar-refractivity contribution in [2.75, 3.05) is 58.2 Å². The number of phenolic OH excluding ortho intramolecular Hbond substituents is 1. The number of ether oxygens (including phenoxy) is 1. The third-order valence-corrected chi connectivity index (χ3v) is 12.0. The number of anilines is 2. The summed E-state index contributed by atoms with van der Waals surface area (Å²) in [5.41, 5.74) is 8.47. The minimum Gasteiger partial charge on any atom is -0.506 e. The first-order valence-corrected chi connectivity index (χ1v) is 20.1. The molecule has 1 unspecified atom stereocenters. The number of amides is 2. The standard InChI is InChI=1S/C42H43N7O8S/c1-25-19-30(22-33-38(25)45-23-34(41(43)53)39(33)46-27-6-4-7-28(21-27)57-2)58(55,56)29-8-3-5-26(20-29)42(54)49-17-15-48(16-18-49)14-13-44-24-36(51)31-9-11-35(50)40-32(31)10-12-37(52)47-40/h3-12,19-23,36,44,50-51H,13-18,24H2,1-2H3,(H2,43,53)(H,45,46)(H,47,52). The molecule has 0 spiro atoms. The van der Waals surface area contributed by atoms with Crippen LogP contribution in [0.1, 0.15) is 37.9 Å². The number of carbonyl (C=O) groups excluding carboxylic acids is 2. The number of aromatic nitrogens is 2. The molecule has 58 heavy (non-hydrogen) atoms. The highest BCUT2D eigenvalue weighted by molar-refractivity contribution is 7.91. The molecule has 2 amide bonds. The zero-order chi connectivity index (χ0) is 41.1. The lowest BCUT2D eigenvalue weighted by Gasteiger charge is -2.35. The van der Waals surface area contributed by atoms with Crippen molar-refractivity contribution in [1.29, 1.82) is 0 Å². The topological polar surface area (TPSA) is 220 Å². The molecule has 16 heteroatoms. The number of aryl methyl sites for hydroxylation is 1. The van der Waals surface area contributed by atoms with Gasteiger partial charge in [0.2, 0.25) is 15.4 Å². The number of aliphatic hydroxyl groups is 1. The van der Waals surface area contributed by atoms with Crippen LogP contribution in [0.4, 0.5) is 11.4 Å². The van der Waals surface area contributed by atoms with Gasteiger partial charge in [-0.2, -0.15) is 0 Å². The first-order chi connectivity index (χ1) is 27.8. The molecule has 6 aromatic rings. The summed E-state index contributed by atoms with van der Waals surface area (Å²) in [7, 11) is -2.62. The Morgan fingerprint density at radius 1 is 0.966 bits per heavy atom. The number of nitrogens with zero attached hydrogens (tertiary/aromatic N) is 3. The van der Waals surface area contributed by atoms with E-state index in [-0.39, 0.29) is 50.2 Å². The van der Waals surface area contributed by atoms with Crippen LogP contribution in [0.2, 0.25) is 0 Å². The molecular formula is C42H43N7O8S.